The van der Waals surface area contributed by atoms with Crippen molar-refractivity contribution in [1.29, 1.82) is 0 Å². The molecule has 10 heteroatoms. The third-order valence-electron chi connectivity index (χ3n) is 6.16. The number of halogens is 2. The van der Waals surface area contributed by atoms with Crippen LogP contribution in [-0.2, 0) is 26.2 Å². The topological polar surface area (TPSA) is 86.8 Å². The molecule has 0 saturated carbocycles. The van der Waals surface area contributed by atoms with Gasteiger partial charge in [-0.15, -0.1) is 0 Å². The number of sulfonamides is 1. The van der Waals surface area contributed by atoms with Crippen molar-refractivity contribution in [1.82, 2.24) is 10.2 Å². The molecule has 0 fully saturated rings. The minimum Gasteiger partial charge on any atom is -0.354 e. The van der Waals surface area contributed by atoms with Crippen molar-refractivity contribution >= 4 is 50.7 Å². The van der Waals surface area contributed by atoms with Crippen LogP contribution >= 0.6 is 23.2 Å². The van der Waals surface area contributed by atoms with Gasteiger partial charge >= 0.3 is 0 Å². The number of hydrogen-bond donors (Lipinski definition) is 1. The van der Waals surface area contributed by atoms with Gasteiger partial charge in [-0.3, -0.25) is 13.9 Å². The Morgan fingerprint density at radius 1 is 0.897 bits per heavy atom. The van der Waals surface area contributed by atoms with Crippen LogP contribution in [0.25, 0.3) is 0 Å². The molecule has 0 aromatic heterocycles. The Hall–Kier alpha value is -3.07. The molecule has 3 aromatic rings. The fourth-order valence-electron chi connectivity index (χ4n) is 3.95. The Labute approximate surface area is 240 Å². The van der Waals surface area contributed by atoms with Gasteiger partial charge in [-0.2, -0.15) is 0 Å². The summed E-state index contributed by atoms with van der Waals surface area (Å²) in [7, 11) is -4.14. The number of anilines is 1. The van der Waals surface area contributed by atoms with Gasteiger partial charge in [0.1, 0.15) is 12.6 Å². The lowest BCUT2D eigenvalue weighted by Gasteiger charge is -2.32. The second kappa shape index (κ2) is 13.3. The largest absolute Gasteiger partial charge is 0.354 e. The lowest BCUT2D eigenvalue weighted by Crippen LogP contribution is -2.51. The van der Waals surface area contributed by atoms with Gasteiger partial charge in [-0.05, 0) is 73.4 Å². The lowest BCUT2D eigenvalue weighted by atomic mass is 10.1. The molecule has 0 unspecified atom stereocenters. The van der Waals surface area contributed by atoms with E-state index in [0.717, 1.165) is 9.87 Å². The molecule has 0 spiro atoms. The Bertz CT molecular complexity index is 1400. The third kappa shape index (κ3) is 7.97. The van der Waals surface area contributed by atoms with E-state index >= 15 is 0 Å². The Balaban J connectivity index is 2.03. The Kier molecular flexibility index (Phi) is 10.4. The maximum Gasteiger partial charge on any atom is 0.264 e. The Morgan fingerprint density at radius 2 is 1.51 bits per heavy atom. The molecule has 0 aliphatic heterocycles. The highest BCUT2D eigenvalue weighted by Gasteiger charge is 2.33. The van der Waals surface area contributed by atoms with Crippen LogP contribution in [0.4, 0.5) is 5.69 Å². The highest BCUT2D eigenvalue weighted by Crippen LogP contribution is 2.29. The predicted octanol–water partition coefficient (Wildman–Crippen LogP) is 5.69. The molecule has 0 radical (unpaired) electrons. The van der Waals surface area contributed by atoms with Crippen LogP contribution in [0.1, 0.15) is 31.9 Å². The van der Waals surface area contributed by atoms with E-state index < -0.39 is 28.5 Å². The molecule has 0 aliphatic rings. The van der Waals surface area contributed by atoms with Crippen molar-refractivity contribution in [2.75, 3.05) is 17.4 Å². The standard InChI is InChI=1S/C29H33Cl2N3O4S/c1-20(2)17-32-29(36)22(4)33(18-23-10-12-24(30)13-11-23)28(35)19-34(27-15-14-25(31)16-21(27)3)39(37,38)26-8-6-5-7-9-26/h5-16,20,22H,17-19H2,1-4H3,(H,32,36)/t22-/m0/s1. The van der Waals surface area contributed by atoms with Crippen LogP contribution in [0.15, 0.2) is 77.7 Å². The number of carbonyl (C=O) groups excluding carboxylic acids is 2. The van der Waals surface area contributed by atoms with Gasteiger partial charge in [0.25, 0.3) is 10.0 Å². The highest BCUT2D eigenvalue weighted by atomic mass is 35.5. The molecule has 3 aromatic carbocycles. The molecule has 0 heterocycles. The van der Waals surface area contributed by atoms with E-state index in [2.05, 4.69) is 5.32 Å². The van der Waals surface area contributed by atoms with Crippen molar-refractivity contribution in [2.45, 2.75) is 45.2 Å². The number of aryl methyl sites for hydroxylation is 1. The summed E-state index contributed by atoms with van der Waals surface area (Å²) in [6.07, 6.45) is 0. The number of benzene rings is 3. The van der Waals surface area contributed by atoms with Gasteiger partial charge in [0.15, 0.2) is 0 Å². The summed E-state index contributed by atoms with van der Waals surface area (Å²) in [4.78, 5) is 28.4. The second-order valence-electron chi connectivity index (χ2n) is 9.72. The van der Waals surface area contributed by atoms with Crippen molar-refractivity contribution in [2.24, 2.45) is 5.92 Å². The summed E-state index contributed by atoms with van der Waals surface area (Å²) in [6.45, 7) is 7.33. The monoisotopic (exact) mass is 589 g/mol. The molecular weight excluding hydrogens is 557 g/mol. The number of carbonyl (C=O) groups is 2. The number of hydrogen-bond acceptors (Lipinski definition) is 4. The fraction of sp³-hybridized carbons (Fsp3) is 0.310. The van der Waals surface area contributed by atoms with E-state index in [9.17, 15) is 18.0 Å². The summed E-state index contributed by atoms with van der Waals surface area (Å²) in [6, 6.07) is 18.8. The molecule has 2 amide bonds. The van der Waals surface area contributed by atoms with Crippen LogP contribution in [0, 0.1) is 12.8 Å². The summed E-state index contributed by atoms with van der Waals surface area (Å²) < 4.78 is 28.7. The molecule has 208 valence electrons. The van der Waals surface area contributed by atoms with Gasteiger partial charge in [-0.1, -0.05) is 67.4 Å². The molecule has 1 atom stereocenters. The summed E-state index contributed by atoms with van der Waals surface area (Å²) in [5.41, 5.74) is 1.65. The molecule has 39 heavy (non-hydrogen) atoms. The van der Waals surface area contributed by atoms with Crippen LogP contribution in [0.2, 0.25) is 10.0 Å². The second-order valence-corrected chi connectivity index (χ2v) is 12.5. The van der Waals surface area contributed by atoms with Crippen LogP contribution in [0.5, 0.6) is 0 Å². The van der Waals surface area contributed by atoms with Gasteiger partial charge in [0, 0.05) is 23.1 Å². The molecule has 7 nitrogen and oxygen atoms in total. The van der Waals surface area contributed by atoms with E-state index in [1.54, 1.807) is 74.5 Å². The first-order valence-corrected chi connectivity index (χ1v) is 14.7. The third-order valence-corrected chi connectivity index (χ3v) is 8.42. The first kappa shape index (κ1) is 30.5. The van der Waals surface area contributed by atoms with Crippen LogP contribution in [-0.4, -0.2) is 44.3 Å². The SMILES string of the molecule is Cc1cc(Cl)ccc1N(CC(=O)N(Cc1ccc(Cl)cc1)[C@@H](C)C(=O)NCC(C)C)S(=O)(=O)c1ccccc1. The predicted molar refractivity (Wildman–Crippen MR) is 156 cm³/mol. The summed E-state index contributed by atoms with van der Waals surface area (Å²) >= 11 is 12.2. The zero-order valence-corrected chi connectivity index (χ0v) is 24.7. The van der Waals surface area contributed by atoms with Crippen molar-refractivity contribution in [3.8, 4) is 0 Å². The van der Waals surface area contributed by atoms with Gasteiger partial charge < -0.3 is 10.2 Å². The Morgan fingerprint density at radius 3 is 2.10 bits per heavy atom. The van der Waals surface area contributed by atoms with Gasteiger partial charge in [0.05, 0.1) is 10.6 Å². The minimum atomic E-state index is -4.14. The minimum absolute atomic E-state index is 0.0409. The van der Waals surface area contributed by atoms with Crippen LogP contribution in [0.3, 0.4) is 0 Å². The maximum absolute atomic E-state index is 13.9. The first-order chi connectivity index (χ1) is 18.4. The van der Waals surface area contributed by atoms with Crippen molar-refractivity contribution in [3.63, 3.8) is 0 Å². The fourth-order valence-corrected chi connectivity index (χ4v) is 5.81. The molecule has 0 bridgehead atoms. The zero-order chi connectivity index (χ0) is 28.7. The number of rotatable bonds is 11. The van der Waals surface area contributed by atoms with E-state index in [1.807, 2.05) is 13.8 Å². The maximum atomic E-state index is 13.9. The molecule has 0 saturated heterocycles. The molecule has 0 aliphatic carbocycles. The molecule has 1 N–H and O–H groups in total. The van der Waals surface area contributed by atoms with Crippen molar-refractivity contribution < 1.29 is 18.0 Å². The average Bonchev–Trinajstić information content (AvgIpc) is 2.90. The number of nitrogens with one attached hydrogen (secondary N) is 1. The lowest BCUT2D eigenvalue weighted by molar-refractivity contribution is -0.139. The van der Waals surface area contributed by atoms with E-state index in [1.165, 1.54) is 17.0 Å². The average molecular weight is 591 g/mol. The smallest absolute Gasteiger partial charge is 0.264 e. The van der Waals surface area contributed by atoms with E-state index in [-0.39, 0.29) is 23.3 Å². The zero-order valence-electron chi connectivity index (χ0n) is 22.4. The number of nitrogens with zero attached hydrogens (tertiary/aromatic N) is 2. The summed E-state index contributed by atoms with van der Waals surface area (Å²) in [5.74, 6) is -0.641. The molecular formula is C29H33Cl2N3O4S. The van der Waals surface area contributed by atoms with Crippen LogP contribution < -0.4 is 9.62 Å². The highest BCUT2D eigenvalue weighted by molar-refractivity contribution is 7.92. The van der Waals surface area contributed by atoms with E-state index in [0.29, 0.717) is 27.8 Å². The quantitative estimate of drug-likeness (QED) is 0.311. The normalized spacial score (nSPS) is 12.2. The van der Waals surface area contributed by atoms with Gasteiger partial charge in [0.2, 0.25) is 11.8 Å². The first-order valence-electron chi connectivity index (χ1n) is 12.6. The summed E-state index contributed by atoms with van der Waals surface area (Å²) in [5, 5.41) is 3.85. The molecule has 3 rings (SSSR count). The number of amides is 2. The van der Waals surface area contributed by atoms with Gasteiger partial charge in [-0.25, -0.2) is 8.42 Å². The van der Waals surface area contributed by atoms with Crippen molar-refractivity contribution in [3.05, 3.63) is 94.0 Å². The van der Waals surface area contributed by atoms with E-state index in [4.69, 9.17) is 23.2 Å².